The van der Waals surface area contributed by atoms with Gasteiger partial charge >= 0.3 is 0 Å². The Bertz CT molecular complexity index is 552. The summed E-state index contributed by atoms with van der Waals surface area (Å²) in [7, 11) is -1.71. The Kier molecular flexibility index (Phi) is 5.88. The lowest BCUT2D eigenvalue weighted by molar-refractivity contribution is 0.421. The molecular formula is C12H23N5O2S2. The minimum atomic E-state index is -3.13. The summed E-state index contributed by atoms with van der Waals surface area (Å²) in [5, 5.41) is 9.01. The van der Waals surface area contributed by atoms with E-state index in [1.165, 1.54) is 38.1 Å². The molecule has 0 bridgehead atoms. The lowest BCUT2D eigenvalue weighted by atomic mass is 9.89. The van der Waals surface area contributed by atoms with Crippen LogP contribution in [0.2, 0.25) is 0 Å². The SMILES string of the molecule is CNS(=O)(=O)CCCSc1nnc(C2CCCCC2)n1N. The van der Waals surface area contributed by atoms with Gasteiger partial charge in [0.05, 0.1) is 5.75 Å². The number of nitrogens with one attached hydrogen (secondary N) is 1. The van der Waals surface area contributed by atoms with Gasteiger partial charge in [-0.1, -0.05) is 31.0 Å². The maximum absolute atomic E-state index is 11.3. The summed E-state index contributed by atoms with van der Waals surface area (Å²) in [6, 6.07) is 0. The molecule has 9 heteroatoms. The van der Waals surface area contributed by atoms with Gasteiger partial charge in [-0.3, -0.25) is 0 Å². The molecule has 0 aromatic carbocycles. The standard InChI is InChI=1S/C12H23N5O2S2/c1-14-21(18,19)9-5-8-20-12-16-15-11(17(12)13)10-6-3-2-4-7-10/h10,14H,2-9,13H2,1H3. The van der Waals surface area contributed by atoms with Crippen LogP contribution in [0.1, 0.15) is 50.3 Å². The van der Waals surface area contributed by atoms with E-state index in [-0.39, 0.29) is 5.75 Å². The van der Waals surface area contributed by atoms with Crippen molar-refractivity contribution in [2.75, 3.05) is 24.4 Å². The lowest BCUT2D eigenvalue weighted by Gasteiger charge is -2.20. The van der Waals surface area contributed by atoms with Crippen molar-refractivity contribution in [3.63, 3.8) is 0 Å². The molecule has 1 aromatic rings. The van der Waals surface area contributed by atoms with Crippen LogP contribution >= 0.6 is 11.8 Å². The van der Waals surface area contributed by atoms with E-state index < -0.39 is 10.0 Å². The Labute approximate surface area is 130 Å². The normalized spacial score (nSPS) is 17.2. The molecule has 0 radical (unpaired) electrons. The molecule has 0 amide bonds. The first-order valence-corrected chi connectivity index (χ1v) is 9.91. The van der Waals surface area contributed by atoms with Crippen molar-refractivity contribution in [2.24, 2.45) is 0 Å². The van der Waals surface area contributed by atoms with Gasteiger partial charge in [-0.25, -0.2) is 17.8 Å². The van der Waals surface area contributed by atoms with Crippen molar-refractivity contribution in [3.05, 3.63) is 5.82 Å². The summed E-state index contributed by atoms with van der Waals surface area (Å²) in [6.07, 6.45) is 6.54. The molecule has 7 nitrogen and oxygen atoms in total. The third-order valence-electron chi connectivity index (χ3n) is 3.76. The number of aromatic nitrogens is 3. The molecular weight excluding hydrogens is 310 g/mol. The van der Waals surface area contributed by atoms with Crippen molar-refractivity contribution in [1.29, 1.82) is 0 Å². The lowest BCUT2D eigenvalue weighted by Crippen LogP contribution is -2.22. The fourth-order valence-corrected chi connectivity index (χ4v) is 4.25. The predicted molar refractivity (Wildman–Crippen MR) is 84.2 cm³/mol. The van der Waals surface area contributed by atoms with Crippen molar-refractivity contribution < 1.29 is 8.42 Å². The molecule has 1 aromatic heterocycles. The number of nitrogens with zero attached hydrogens (tertiary/aromatic N) is 3. The van der Waals surface area contributed by atoms with E-state index in [4.69, 9.17) is 5.84 Å². The first kappa shape index (κ1) is 16.6. The molecule has 1 aliphatic carbocycles. The quantitative estimate of drug-likeness (QED) is 0.439. The van der Waals surface area contributed by atoms with E-state index in [1.54, 1.807) is 4.68 Å². The number of nitrogens with two attached hydrogens (primary N) is 1. The van der Waals surface area contributed by atoms with Gasteiger partial charge in [0.2, 0.25) is 15.2 Å². The fourth-order valence-electron chi connectivity index (χ4n) is 2.54. The molecule has 0 atom stereocenters. The average Bonchev–Trinajstić information content (AvgIpc) is 2.86. The molecule has 2 rings (SSSR count). The summed E-state index contributed by atoms with van der Waals surface area (Å²) in [4.78, 5) is 0. The predicted octanol–water partition coefficient (Wildman–Crippen LogP) is 1.07. The number of hydrogen-bond acceptors (Lipinski definition) is 6. The second-order valence-corrected chi connectivity index (χ2v) is 8.38. The van der Waals surface area contributed by atoms with Crippen LogP contribution in [0.4, 0.5) is 0 Å². The Morgan fingerprint density at radius 1 is 1.33 bits per heavy atom. The average molecular weight is 333 g/mol. The molecule has 0 spiro atoms. The molecule has 1 heterocycles. The van der Waals surface area contributed by atoms with Gasteiger partial charge in [0.15, 0.2) is 5.82 Å². The maximum atomic E-state index is 11.3. The Morgan fingerprint density at radius 2 is 2.05 bits per heavy atom. The minimum absolute atomic E-state index is 0.116. The van der Waals surface area contributed by atoms with Gasteiger partial charge in [0.25, 0.3) is 0 Å². The highest BCUT2D eigenvalue weighted by Gasteiger charge is 2.22. The number of rotatable bonds is 7. The highest BCUT2D eigenvalue weighted by Crippen LogP contribution is 2.32. The monoisotopic (exact) mass is 333 g/mol. The van der Waals surface area contributed by atoms with Gasteiger partial charge in [-0.15, -0.1) is 10.2 Å². The van der Waals surface area contributed by atoms with Crippen LogP contribution in [-0.2, 0) is 10.0 Å². The molecule has 21 heavy (non-hydrogen) atoms. The Morgan fingerprint density at radius 3 is 2.71 bits per heavy atom. The second kappa shape index (κ2) is 7.46. The molecule has 0 saturated heterocycles. The molecule has 3 N–H and O–H groups in total. The zero-order valence-corrected chi connectivity index (χ0v) is 13.9. The van der Waals surface area contributed by atoms with Crippen LogP contribution in [0.25, 0.3) is 0 Å². The Hall–Kier alpha value is -0.800. The van der Waals surface area contributed by atoms with E-state index >= 15 is 0 Å². The highest BCUT2D eigenvalue weighted by molar-refractivity contribution is 7.99. The zero-order chi connectivity index (χ0) is 15.3. The maximum Gasteiger partial charge on any atom is 0.211 e. The smallest absolute Gasteiger partial charge is 0.211 e. The van der Waals surface area contributed by atoms with Crippen molar-refractivity contribution in [3.8, 4) is 0 Å². The molecule has 1 fully saturated rings. The third-order valence-corrected chi connectivity index (χ3v) is 6.24. The minimum Gasteiger partial charge on any atom is -0.336 e. The first-order chi connectivity index (χ1) is 10.0. The summed E-state index contributed by atoms with van der Waals surface area (Å²) >= 11 is 1.46. The zero-order valence-electron chi connectivity index (χ0n) is 12.3. The first-order valence-electron chi connectivity index (χ1n) is 7.28. The van der Waals surface area contributed by atoms with Crippen LogP contribution in [0.15, 0.2) is 5.16 Å². The molecule has 1 saturated carbocycles. The number of hydrogen-bond donors (Lipinski definition) is 2. The Balaban J connectivity index is 1.85. The van der Waals surface area contributed by atoms with Crippen LogP contribution in [0.3, 0.4) is 0 Å². The van der Waals surface area contributed by atoms with Crippen molar-refractivity contribution >= 4 is 21.8 Å². The molecule has 0 aliphatic heterocycles. The van der Waals surface area contributed by atoms with E-state index in [0.717, 1.165) is 18.7 Å². The third kappa shape index (κ3) is 4.58. The van der Waals surface area contributed by atoms with Crippen LogP contribution in [-0.4, -0.2) is 41.8 Å². The van der Waals surface area contributed by atoms with Gasteiger partial charge < -0.3 is 5.84 Å². The van der Waals surface area contributed by atoms with E-state index in [1.807, 2.05) is 0 Å². The summed E-state index contributed by atoms with van der Waals surface area (Å²) in [5.74, 6) is 8.11. The fraction of sp³-hybridized carbons (Fsp3) is 0.833. The largest absolute Gasteiger partial charge is 0.336 e. The van der Waals surface area contributed by atoms with Crippen molar-refractivity contribution in [1.82, 2.24) is 19.6 Å². The van der Waals surface area contributed by atoms with Gasteiger partial charge in [0, 0.05) is 11.7 Å². The molecule has 120 valence electrons. The van der Waals surface area contributed by atoms with Crippen molar-refractivity contribution in [2.45, 2.75) is 49.6 Å². The summed E-state index contributed by atoms with van der Waals surface area (Å²) in [6.45, 7) is 0. The molecule has 1 aliphatic rings. The number of thioether (sulfide) groups is 1. The summed E-state index contributed by atoms with van der Waals surface area (Å²) < 4.78 is 26.5. The number of sulfonamides is 1. The van der Waals surface area contributed by atoms with Gasteiger partial charge in [-0.05, 0) is 26.3 Å². The number of nitrogen functional groups attached to an aromatic ring is 1. The summed E-state index contributed by atoms with van der Waals surface area (Å²) in [5.41, 5.74) is 0. The van der Waals surface area contributed by atoms with E-state index in [2.05, 4.69) is 14.9 Å². The van der Waals surface area contributed by atoms with E-state index in [9.17, 15) is 8.42 Å². The van der Waals surface area contributed by atoms with Crippen LogP contribution in [0, 0.1) is 0 Å². The van der Waals surface area contributed by atoms with Crippen LogP contribution in [0.5, 0.6) is 0 Å². The van der Waals surface area contributed by atoms with Gasteiger partial charge in [-0.2, -0.15) is 0 Å². The van der Waals surface area contributed by atoms with Crippen LogP contribution < -0.4 is 10.6 Å². The van der Waals surface area contributed by atoms with E-state index in [0.29, 0.717) is 23.2 Å². The van der Waals surface area contributed by atoms with Gasteiger partial charge in [0.1, 0.15) is 0 Å². The second-order valence-electron chi connectivity index (χ2n) is 5.27. The molecule has 0 unspecified atom stereocenters. The highest BCUT2D eigenvalue weighted by atomic mass is 32.2. The topological polar surface area (TPSA) is 103 Å².